The zero-order chi connectivity index (χ0) is 23.2. The van der Waals surface area contributed by atoms with E-state index in [9.17, 15) is 5.11 Å². The Morgan fingerprint density at radius 3 is 2.52 bits per heavy atom. The van der Waals surface area contributed by atoms with E-state index < -0.39 is 5.60 Å². The van der Waals surface area contributed by atoms with Crippen LogP contribution in [0.2, 0.25) is 0 Å². The third-order valence-electron chi connectivity index (χ3n) is 12.0. The SMILES string of the molecule is Cc1cnn(C[C@@](C)(O)[C@H]2C[C@@H](C3CC3)C3[C@@H]4CC[C@]5(C)C[C@@H](C)CC[C@@H]5C4CC[C@@]32C)c1. The van der Waals surface area contributed by atoms with Crippen LogP contribution >= 0.6 is 0 Å². The Labute approximate surface area is 202 Å². The van der Waals surface area contributed by atoms with Crippen LogP contribution in [0.5, 0.6) is 0 Å². The number of rotatable bonds is 4. The van der Waals surface area contributed by atoms with Crippen LogP contribution in [0.1, 0.15) is 97.5 Å². The van der Waals surface area contributed by atoms with Crippen LogP contribution in [0.4, 0.5) is 0 Å². The first-order valence-electron chi connectivity index (χ1n) is 14.3. The van der Waals surface area contributed by atoms with E-state index in [1.165, 1.54) is 69.8 Å². The molecule has 2 unspecified atom stereocenters. The van der Waals surface area contributed by atoms with Crippen molar-refractivity contribution in [2.24, 2.45) is 58.2 Å². The van der Waals surface area contributed by atoms with Crippen molar-refractivity contribution in [3.8, 4) is 0 Å². The number of hydrogen-bond acceptors (Lipinski definition) is 2. The van der Waals surface area contributed by atoms with E-state index >= 15 is 0 Å². The summed E-state index contributed by atoms with van der Waals surface area (Å²) in [6, 6.07) is 0. The molecule has 0 radical (unpaired) electrons. The van der Waals surface area contributed by atoms with Gasteiger partial charge in [-0.1, -0.05) is 27.2 Å². The fraction of sp³-hybridized carbons (Fsp3) is 0.900. The lowest BCUT2D eigenvalue weighted by atomic mass is 9.44. The summed E-state index contributed by atoms with van der Waals surface area (Å²) >= 11 is 0. The highest BCUT2D eigenvalue weighted by Gasteiger charge is 2.66. The van der Waals surface area contributed by atoms with Crippen molar-refractivity contribution in [2.75, 3.05) is 0 Å². The van der Waals surface area contributed by atoms with Gasteiger partial charge in [0.25, 0.3) is 0 Å². The number of hydrogen-bond donors (Lipinski definition) is 1. The minimum atomic E-state index is -0.689. The summed E-state index contributed by atoms with van der Waals surface area (Å²) in [4.78, 5) is 0. The highest BCUT2D eigenvalue weighted by atomic mass is 16.3. The first kappa shape index (κ1) is 22.6. The van der Waals surface area contributed by atoms with Crippen LogP contribution in [0.3, 0.4) is 0 Å². The monoisotopic (exact) mass is 452 g/mol. The van der Waals surface area contributed by atoms with Crippen LogP contribution in [0, 0.1) is 65.1 Å². The maximum Gasteiger partial charge on any atom is 0.0848 e. The number of aromatic nitrogens is 2. The van der Waals surface area contributed by atoms with Gasteiger partial charge in [0.2, 0.25) is 0 Å². The topological polar surface area (TPSA) is 38.0 Å². The Hall–Kier alpha value is -0.830. The van der Waals surface area contributed by atoms with Gasteiger partial charge in [-0.05, 0) is 135 Å². The predicted octanol–water partition coefficient (Wildman–Crippen LogP) is 6.87. The molecular formula is C30H48N2O. The Morgan fingerprint density at radius 2 is 1.82 bits per heavy atom. The molecule has 5 saturated carbocycles. The van der Waals surface area contributed by atoms with Crippen molar-refractivity contribution in [1.29, 1.82) is 0 Å². The molecule has 1 N–H and O–H groups in total. The summed E-state index contributed by atoms with van der Waals surface area (Å²) in [6.45, 7) is 12.6. The van der Waals surface area contributed by atoms with E-state index in [1.807, 2.05) is 10.9 Å². The van der Waals surface area contributed by atoms with Gasteiger partial charge in [0.15, 0.2) is 0 Å². The van der Waals surface area contributed by atoms with Gasteiger partial charge < -0.3 is 5.11 Å². The third-order valence-corrected chi connectivity index (χ3v) is 12.0. The quantitative estimate of drug-likeness (QED) is 0.541. The van der Waals surface area contributed by atoms with Crippen molar-refractivity contribution < 1.29 is 5.11 Å². The Kier molecular flexibility index (Phi) is 5.20. The minimum Gasteiger partial charge on any atom is -0.388 e. The second-order valence-electron chi connectivity index (χ2n) is 14.4. The van der Waals surface area contributed by atoms with Gasteiger partial charge in [-0.3, -0.25) is 4.68 Å². The van der Waals surface area contributed by atoms with E-state index in [-0.39, 0.29) is 5.41 Å². The second kappa shape index (κ2) is 7.58. The van der Waals surface area contributed by atoms with E-state index in [2.05, 4.69) is 45.9 Å². The summed E-state index contributed by atoms with van der Waals surface area (Å²) in [5, 5.41) is 16.5. The molecule has 0 aromatic carbocycles. The predicted molar refractivity (Wildman–Crippen MR) is 134 cm³/mol. The summed E-state index contributed by atoms with van der Waals surface area (Å²) in [7, 11) is 0. The van der Waals surface area contributed by atoms with E-state index in [0.717, 1.165) is 41.4 Å². The average Bonchev–Trinajstić information content (AvgIpc) is 3.42. The van der Waals surface area contributed by atoms with Crippen LogP contribution in [0.15, 0.2) is 12.4 Å². The van der Waals surface area contributed by atoms with Crippen molar-refractivity contribution in [3.05, 3.63) is 18.0 Å². The van der Waals surface area contributed by atoms with Crippen LogP contribution in [0.25, 0.3) is 0 Å². The van der Waals surface area contributed by atoms with Crippen molar-refractivity contribution in [3.63, 3.8) is 0 Å². The molecule has 184 valence electrons. The van der Waals surface area contributed by atoms with E-state index in [1.54, 1.807) is 0 Å². The summed E-state index contributed by atoms with van der Waals surface area (Å²) in [5.74, 6) is 6.78. The molecule has 0 spiro atoms. The highest BCUT2D eigenvalue weighted by Crippen LogP contribution is 2.71. The molecule has 33 heavy (non-hydrogen) atoms. The maximum atomic E-state index is 12.0. The van der Waals surface area contributed by atoms with Gasteiger partial charge in [-0.15, -0.1) is 0 Å². The zero-order valence-corrected chi connectivity index (χ0v) is 21.9. The molecule has 1 heterocycles. The van der Waals surface area contributed by atoms with Gasteiger partial charge >= 0.3 is 0 Å². The first-order chi connectivity index (χ1) is 15.6. The van der Waals surface area contributed by atoms with Crippen molar-refractivity contribution >= 4 is 0 Å². The normalized spacial score (nSPS) is 49.1. The minimum absolute atomic E-state index is 0.288. The average molecular weight is 453 g/mol. The summed E-state index contributed by atoms with van der Waals surface area (Å²) < 4.78 is 2.00. The molecule has 0 aliphatic heterocycles. The number of fused-ring (bicyclic) bond motifs is 5. The fourth-order valence-electron chi connectivity index (χ4n) is 10.8. The lowest BCUT2D eigenvalue weighted by Crippen LogP contribution is -2.55. The van der Waals surface area contributed by atoms with Gasteiger partial charge in [-0.25, -0.2) is 0 Å². The maximum absolute atomic E-state index is 12.0. The molecule has 0 amide bonds. The molecule has 3 nitrogen and oxygen atoms in total. The largest absolute Gasteiger partial charge is 0.388 e. The van der Waals surface area contributed by atoms with E-state index in [4.69, 9.17) is 0 Å². The lowest BCUT2D eigenvalue weighted by Gasteiger charge is -2.61. The smallest absolute Gasteiger partial charge is 0.0848 e. The van der Waals surface area contributed by atoms with Crippen LogP contribution < -0.4 is 0 Å². The van der Waals surface area contributed by atoms with Gasteiger partial charge in [-0.2, -0.15) is 5.10 Å². The number of aryl methyl sites for hydroxylation is 1. The van der Waals surface area contributed by atoms with E-state index in [0.29, 0.717) is 17.9 Å². The van der Waals surface area contributed by atoms with Gasteiger partial charge in [0, 0.05) is 6.20 Å². The molecule has 10 atom stereocenters. The fourth-order valence-corrected chi connectivity index (χ4v) is 10.8. The molecule has 1 aromatic heterocycles. The molecule has 6 rings (SSSR count). The summed E-state index contributed by atoms with van der Waals surface area (Å²) in [5.41, 5.74) is 1.38. The molecule has 1 aromatic rings. The molecule has 0 saturated heterocycles. The number of aliphatic hydroxyl groups is 1. The first-order valence-corrected chi connectivity index (χ1v) is 14.3. The molecular weight excluding hydrogens is 404 g/mol. The highest BCUT2D eigenvalue weighted by molar-refractivity contribution is 5.15. The van der Waals surface area contributed by atoms with Crippen molar-refractivity contribution in [2.45, 2.75) is 111 Å². The van der Waals surface area contributed by atoms with Crippen molar-refractivity contribution in [1.82, 2.24) is 9.78 Å². The van der Waals surface area contributed by atoms with Gasteiger partial charge in [0.05, 0.1) is 18.3 Å². The summed E-state index contributed by atoms with van der Waals surface area (Å²) in [6.07, 6.45) is 18.2. The third kappa shape index (κ3) is 3.57. The Bertz CT molecular complexity index is 886. The zero-order valence-electron chi connectivity index (χ0n) is 21.9. The standard InChI is InChI=1S/C30H48N2O/c1-19-6-9-25-22-11-13-29(4)26(30(5,33)18-32-17-20(2)16-31-32)14-24(21-7-8-21)27(29)23(22)10-12-28(25,3)15-19/h16-17,19,21-27,33H,6-15,18H2,1-5H3/t19-,22?,23+,24-,25+,26-,27?,28+,29+,30+/m0/s1. The molecule has 3 heteroatoms. The Balaban J connectivity index is 1.31. The molecule has 5 aliphatic carbocycles. The molecule has 5 fully saturated rings. The Morgan fingerprint density at radius 1 is 1.06 bits per heavy atom. The van der Waals surface area contributed by atoms with Crippen LogP contribution in [-0.2, 0) is 6.54 Å². The second-order valence-corrected chi connectivity index (χ2v) is 14.4. The molecule has 5 aliphatic rings. The molecule has 0 bridgehead atoms. The van der Waals surface area contributed by atoms with Crippen LogP contribution in [-0.4, -0.2) is 20.5 Å². The van der Waals surface area contributed by atoms with Gasteiger partial charge in [0.1, 0.15) is 0 Å². The lowest BCUT2D eigenvalue weighted by molar-refractivity contribution is -0.136. The number of nitrogens with zero attached hydrogens (tertiary/aromatic N) is 2.